The maximum atomic E-state index is 14.9. The second-order valence-electron chi connectivity index (χ2n) is 9.84. The Labute approximate surface area is 223 Å². The number of nitrogens with zero attached hydrogens (tertiary/aromatic N) is 1. The van der Waals surface area contributed by atoms with Crippen LogP contribution in [-0.4, -0.2) is 56.1 Å². The van der Waals surface area contributed by atoms with Crippen molar-refractivity contribution >= 4 is 52.0 Å². The molecule has 1 aliphatic heterocycles. The van der Waals surface area contributed by atoms with Gasteiger partial charge in [-0.15, -0.1) is 11.3 Å². The molecule has 5 rings (SSSR count). The van der Waals surface area contributed by atoms with Gasteiger partial charge < -0.3 is 25.6 Å². The molecule has 3 fully saturated rings. The van der Waals surface area contributed by atoms with Crippen molar-refractivity contribution in [3.8, 4) is 0 Å². The molecule has 0 spiro atoms. The van der Waals surface area contributed by atoms with Crippen LogP contribution in [-0.2, 0) is 14.3 Å². The lowest BCUT2D eigenvalue weighted by atomic mass is 9.77. The van der Waals surface area contributed by atoms with Crippen molar-refractivity contribution in [2.45, 2.75) is 44.2 Å². The van der Waals surface area contributed by atoms with Gasteiger partial charge in [-0.3, -0.25) is 14.4 Å². The highest BCUT2D eigenvalue weighted by atomic mass is 35.5. The highest BCUT2D eigenvalue weighted by Crippen LogP contribution is 2.42. The number of hydrogen-bond acceptors (Lipinski definition) is 6. The van der Waals surface area contributed by atoms with Gasteiger partial charge in [0.05, 0.1) is 21.5 Å². The third-order valence-corrected chi connectivity index (χ3v) is 8.48. The molecule has 1 aromatic heterocycles. The second-order valence-corrected chi connectivity index (χ2v) is 11.6. The molecule has 198 valence electrons. The maximum absolute atomic E-state index is 14.9. The minimum atomic E-state index is -0.700. The Kier molecular flexibility index (Phi) is 8.09. The first-order chi connectivity index (χ1) is 17.9. The number of thiophene rings is 1. The first-order valence-corrected chi connectivity index (χ1v) is 13.9. The molecular weight excluding hydrogens is 519 g/mol. The normalized spacial score (nSPS) is 19.7. The molecule has 0 radical (unpaired) electrons. The molecule has 2 atom stereocenters. The number of hydrogen-bond donors (Lipinski definition) is 3. The summed E-state index contributed by atoms with van der Waals surface area (Å²) < 4.78 is 20.5. The van der Waals surface area contributed by atoms with E-state index in [9.17, 15) is 18.8 Å². The standard InChI is InChI=1S/C26H30ClFN4O4S/c27-22-9-8-21(37-22)26(35)29-13-19(31-24(16-4-5-16)15-2-1-3-15)25(34)30-17-6-7-20(18(28)12-17)32-10-11-36-14-23(32)33/h6-9,12,15-16,19,24,31H,1-5,10-11,13-14H2,(H,29,35)(H,30,34)/t19-,24?/m1/s1. The number of nitrogens with one attached hydrogen (secondary N) is 3. The van der Waals surface area contributed by atoms with Crippen molar-refractivity contribution in [2.75, 3.05) is 36.5 Å². The molecule has 0 bridgehead atoms. The molecule has 1 aromatic carbocycles. The van der Waals surface area contributed by atoms with Crippen LogP contribution in [0.2, 0.25) is 4.34 Å². The van der Waals surface area contributed by atoms with Gasteiger partial charge in [0.2, 0.25) is 5.91 Å². The minimum Gasteiger partial charge on any atom is -0.370 e. The number of carbonyl (C=O) groups excluding carboxylic acids is 3. The predicted octanol–water partition coefficient (Wildman–Crippen LogP) is 3.81. The lowest BCUT2D eigenvalue weighted by molar-refractivity contribution is -0.125. The monoisotopic (exact) mass is 548 g/mol. The molecule has 2 aromatic rings. The fourth-order valence-corrected chi connectivity index (χ4v) is 5.85. The van der Waals surface area contributed by atoms with Crippen LogP contribution in [0.5, 0.6) is 0 Å². The van der Waals surface area contributed by atoms with E-state index in [2.05, 4.69) is 16.0 Å². The fraction of sp³-hybridized carbons (Fsp3) is 0.500. The molecule has 11 heteroatoms. The zero-order valence-electron chi connectivity index (χ0n) is 20.3. The first-order valence-electron chi connectivity index (χ1n) is 12.7. The zero-order valence-corrected chi connectivity index (χ0v) is 21.9. The quantitative estimate of drug-likeness (QED) is 0.419. The van der Waals surface area contributed by atoms with Crippen LogP contribution >= 0.6 is 22.9 Å². The third kappa shape index (κ3) is 6.31. The van der Waals surface area contributed by atoms with Gasteiger partial charge in [-0.2, -0.15) is 0 Å². The minimum absolute atomic E-state index is 0.0823. The van der Waals surface area contributed by atoms with E-state index in [-0.39, 0.29) is 54.8 Å². The summed E-state index contributed by atoms with van der Waals surface area (Å²) in [7, 11) is 0. The Balaban J connectivity index is 1.28. The topological polar surface area (TPSA) is 99.8 Å². The van der Waals surface area contributed by atoms with Crippen molar-refractivity contribution in [3.63, 3.8) is 0 Å². The Bertz CT molecular complexity index is 1170. The molecule has 3 amide bonds. The molecule has 3 N–H and O–H groups in total. The second kappa shape index (κ2) is 11.5. The summed E-state index contributed by atoms with van der Waals surface area (Å²) in [6.07, 6.45) is 5.73. The van der Waals surface area contributed by atoms with Gasteiger partial charge >= 0.3 is 0 Å². The van der Waals surface area contributed by atoms with Gasteiger partial charge in [0.25, 0.3) is 11.8 Å². The van der Waals surface area contributed by atoms with Crippen molar-refractivity contribution in [1.29, 1.82) is 0 Å². The van der Waals surface area contributed by atoms with E-state index in [1.165, 1.54) is 34.8 Å². The van der Waals surface area contributed by atoms with Crippen LogP contribution in [0.1, 0.15) is 41.8 Å². The zero-order chi connectivity index (χ0) is 25.9. The van der Waals surface area contributed by atoms with E-state index in [1.807, 2.05) is 0 Å². The Morgan fingerprint density at radius 2 is 1.95 bits per heavy atom. The van der Waals surface area contributed by atoms with E-state index in [4.69, 9.17) is 16.3 Å². The van der Waals surface area contributed by atoms with Gasteiger partial charge in [-0.25, -0.2) is 4.39 Å². The van der Waals surface area contributed by atoms with E-state index >= 15 is 0 Å². The number of rotatable bonds is 10. The van der Waals surface area contributed by atoms with Crippen LogP contribution in [0, 0.1) is 17.7 Å². The molecule has 37 heavy (non-hydrogen) atoms. The van der Waals surface area contributed by atoms with Crippen molar-refractivity contribution in [3.05, 3.63) is 45.4 Å². The predicted molar refractivity (Wildman–Crippen MR) is 141 cm³/mol. The maximum Gasteiger partial charge on any atom is 0.261 e. The van der Waals surface area contributed by atoms with Crippen molar-refractivity contribution in [2.24, 2.45) is 11.8 Å². The molecule has 2 heterocycles. The van der Waals surface area contributed by atoms with Gasteiger partial charge in [0, 0.05) is 24.8 Å². The fourth-order valence-electron chi connectivity index (χ4n) is 4.89. The molecule has 3 aliphatic rings. The molecule has 1 saturated heterocycles. The van der Waals surface area contributed by atoms with Crippen LogP contribution in [0.4, 0.5) is 15.8 Å². The highest BCUT2D eigenvalue weighted by molar-refractivity contribution is 7.18. The van der Waals surface area contributed by atoms with Gasteiger partial charge in [0.15, 0.2) is 0 Å². The average Bonchev–Trinajstić information content (AvgIpc) is 3.60. The van der Waals surface area contributed by atoms with E-state index in [0.717, 1.165) is 25.7 Å². The van der Waals surface area contributed by atoms with Gasteiger partial charge in [-0.05, 0) is 67.9 Å². The number of morpholine rings is 1. The SMILES string of the molecule is O=C(NC[C@@H](NC(C1CCC1)C1CC1)C(=O)Nc1ccc(N2CCOCC2=O)c(F)c1)c1ccc(Cl)s1. The van der Waals surface area contributed by atoms with Crippen LogP contribution in [0.25, 0.3) is 0 Å². The van der Waals surface area contributed by atoms with Crippen LogP contribution in [0.15, 0.2) is 30.3 Å². The summed E-state index contributed by atoms with van der Waals surface area (Å²) in [5.41, 5.74) is 0.434. The summed E-state index contributed by atoms with van der Waals surface area (Å²) in [5.74, 6) is -0.507. The smallest absolute Gasteiger partial charge is 0.261 e. The summed E-state index contributed by atoms with van der Waals surface area (Å²) in [5, 5.41) is 9.16. The molecule has 1 unspecified atom stereocenters. The number of halogens is 2. The van der Waals surface area contributed by atoms with E-state index in [0.29, 0.717) is 27.7 Å². The number of amides is 3. The lowest BCUT2D eigenvalue weighted by Crippen LogP contribution is -2.55. The molecule has 8 nitrogen and oxygen atoms in total. The van der Waals surface area contributed by atoms with Gasteiger partial charge in [-0.1, -0.05) is 18.0 Å². The summed E-state index contributed by atoms with van der Waals surface area (Å²) in [6.45, 7) is 0.604. The highest BCUT2D eigenvalue weighted by Gasteiger charge is 2.40. The number of anilines is 2. The average molecular weight is 549 g/mol. The molecular formula is C26H30ClFN4O4S. The first kappa shape index (κ1) is 26.1. The van der Waals surface area contributed by atoms with Gasteiger partial charge in [0.1, 0.15) is 18.5 Å². The van der Waals surface area contributed by atoms with Crippen molar-refractivity contribution < 1.29 is 23.5 Å². The summed E-state index contributed by atoms with van der Waals surface area (Å²) >= 11 is 7.14. The Morgan fingerprint density at radius 1 is 1.16 bits per heavy atom. The van der Waals surface area contributed by atoms with E-state index < -0.39 is 11.9 Å². The Hall–Kier alpha value is -2.53. The molecule has 2 aliphatic carbocycles. The Morgan fingerprint density at radius 3 is 2.57 bits per heavy atom. The lowest BCUT2D eigenvalue weighted by Gasteiger charge is -2.37. The summed E-state index contributed by atoms with van der Waals surface area (Å²) in [6, 6.07) is 7.09. The van der Waals surface area contributed by atoms with E-state index in [1.54, 1.807) is 18.2 Å². The number of benzene rings is 1. The van der Waals surface area contributed by atoms with Crippen LogP contribution < -0.4 is 20.9 Å². The summed E-state index contributed by atoms with van der Waals surface area (Å²) in [4.78, 5) is 39.9. The van der Waals surface area contributed by atoms with Crippen molar-refractivity contribution in [1.82, 2.24) is 10.6 Å². The third-order valence-electron chi connectivity index (χ3n) is 7.25. The molecule has 2 saturated carbocycles. The number of carbonyl (C=O) groups is 3. The van der Waals surface area contributed by atoms with Crippen LogP contribution in [0.3, 0.4) is 0 Å². The largest absolute Gasteiger partial charge is 0.370 e. The number of ether oxygens (including phenoxy) is 1.